The molecule has 2 aromatic heterocycles. The molecule has 4 unspecified atom stereocenters. The third kappa shape index (κ3) is 3.61. The Balaban J connectivity index is 1.20. The van der Waals surface area contributed by atoms with Crippen LogP contribution >= 0.6 is 0 Å². The van der Waals surface area contributed by atoms with E-state index in [2.05, 4.69) is 40.4 Å². The molecule has 2 saturated carbocycles. The number of rotatable bonds is 6. The van der Waals surface area contributed by atoms with Crippen LogP contribution in [0, 0.1) is 23.2 Å². The summed E-state index contributed by atoms with van der Waals surface area (Å²) in [5, 5.41) is 7.44. The minimum atomic E-state index is -0.259. The number of carbonyl (C=O) groups excluding carboxylic acids is 1. The van der Waals surface area contributed by atoms with Gasteiger partial charge in [-0.05, 0) is 61.0 Å². The average molecular weight is 393 g/mol. The average Bonchev–Trinajstić information content (AvgIpc) is 3.37. The second-order valence-corrected chi connectivity index (χ2v) is 9.66. The van der Waals surface area contributed by atoms with E-state index in [0.29, 0.717) is 48.1 Å². The van der Waals surface area contributed by atoms with Crippen molar-refractivity contribution in [2.45, 2.75) is 58.4 Å². The van der Waals surface area contributed by atoms with Crippen molar-refractivity contribution in [1.82, 2.24) is 20.4 Å². The third-order valence-electron chi connectivity index (χ3n) is 6.93. The molecule has 6 heteroatoms. The molecule has 2 heterocycles. The van der Waals surface area contributed by atoms with Gasteiger partial charge in [0.05, 0.1) is 0 Å². The molecule has 2 fully saturated rings. The lowest BCUT2D eigenvalue weighted by Crippen LogP contribution is -2.43. The van der Waals surface area contributed by atoms with Gasteiger partial charge in [-0.2, -0.15) is 4.98 Å². The summed E-state index contributed by atoms with van der Waals surface area (Å²) in [5.41, 5.74) is 2.09. The molecule has 2 bridgehead atoms. The number of aromatic nitrogens is 3. The molecular weight excluding hydrogens is 364 g/mol. The summed E-state index contributed by atoms with van der Waals surface area (Å²) in [6.45, 7) is 4.17. The number of carbonyl (C=O) groups is 1. The second kappa shape index (κ2) is 7.08. The van der Waals surface area contributed by atoms with Gasteiger partial charge in [-0.25, -0.2) is 0 Å². The Labute approximate surface area is 171 Å². The van der Waals surface area contributed by atoms with Crippen molar-refractivity contribution in [1.29, 1.82) is 0 Å². The largest absolute Gasteiger partial charge is 0.353 e. The molecule has 1 N–H and O–H groups in total. The number of pyridine rings is 1. The molecule has 0 aliphatic heterocycles. The molecule has 0 spiro atoms. The van der Waals surface area contributed by atoms with E-state index in [1.165, 1.54) is 19.3 Å². The SMILES string of the molecule is CC(C)(CC(=O)NC1C2CC=C3CCC1C3C2)Cc1nc(-c2ccccn2)no1. The zero-order valence-corrected chi connectivity index (χ0v) is 17.1. The first-order chi connectivity index (χ1) is 14.0. The quantitative estimate of drug-likeness (QED) is 0.753. The van der Waals surface area contributed by atoms with Crippen LogP contribution in [0.1, 0.15) is 51.8 Å². The molecule has 5 rings (SSSR count). The van der Waals surface area contributed by atoms with Gasteiger partial charge >= 0.3 is 0 Å². The minimum Gasteiger partial charge on any atom is -0.353 e. The molecule has 0 saturated heterocycles. The highest BCUT2D eigenvalue weighted by Gasteiger charge is 2.49. The number of allylic oxidation sites excluding steroid dienone is 2. The van der Waals surface area contributed by atoms with Gasteiger partial charge in [-0.3, -0.25) is 9.78 Å². The minimum absolute atomic E-state index is 0.144. The standard InChI is InChI=1S/C23H28N4O2/c1-23(2,13-20-26-22(27-29-20)18-5-3-4-10-24-18)12-19(28)25-21-15-7-6-14-8-9-16(21)17(14)11-15/h3-6,10,15-17,21H,7-9,11-13H2,1-2H3,(H,25,28). The second-order valence-electron chi connectivity index (χ2n) is 9.66. The molecule has 4 atom stereocenters. The Kier molecular flexibility index (Phi) is 4.52. The summed E-state index contributed by atoms with van der Waals surface area (Å²) in [4.78, 5) is 21.6. The lowest BCUT2D eigenvalue weighted by molar-refractivity contribution is -0.124. The van der Waals surface area contributed by atoms with Gasteiger partial charge in [0.25, 0.3) is 0 Å². The van der Waals surface area contributed by atoms with Crippen molar-refractivity contribution in [3.05, 3.63) is 41.9 Å². The van der Waals surface area contributed by atoms with E-state index < -0.39 is 0 Å². The van der Waals surface area contributed by atoms with Crippen LogP contribution in [0.4, 0.5) is 0 Å². The van der Waals surface area contributed by atoms with E-state index >= 15 is 0 Å². The first-order valence-electron chi connectivity index (χ1n) is 10.7. The van der Waals surface area contributed by atoms with Gasteiger partial charge in [0.1, 0.15) is 5.69 Å². The van der Waals surface area contributed by atoms with Crippen LogP contribution in [-0.4, -0.2) is 27.1 Å². The Hall–Kier alpha value is -2.50. The monoisotopic (exact) mass is 392 g/mol. The fourth-order valence-electron chi connectivity index (χ4n) is 5.67. The molecule has 29 heavy (non-hydrogen) atoms. The molecule has 3 aliphatic carbocycles. The molecule has 3 aliphatic rings. The summed E-state index contributed by atoms with van der Waals surface area (Å²) >= 11 is 0. The number of nitrogens with one attached hydrogen (secondary N) is 1. The Morgan fingerprint density at radius 1 is 1.34 bits per heavy atom. The van der Waals surface area contributed by atoms with Crippen molar-refractivity contribution in [3.63, 3.8) is 0 Å². The maximum atomic E-state index is 12.9. The lowest BCUT2D eigenvalue weighted by Gasteiger charge is -2.28. The summed E-state index contributed by atoms with van der Waals surface area (Å²) < 4.78 is 5.43. The number of amides is 1. The van der Waals surface area contributed by atoms with E-state index in [1.54, 1.807) is 11.8 Å². The maximum absolute atomic E-state index is 12.9. The van der Waals surface area contributed by atoms with Crippen molar-refractivity contribution >= 4 is 5.91 Å². The summed E-state index contributed by atoms with van der Waals surface area (Å²) in [6.07, 6.45) is 10.0. The van der Waals surface area contributed by atoms with E-state index in [4.69, 9.17) is 4.52 Å². The molecule has 1 amide bonds. The van der Waals surface area contributed by atoms with Gasteiger partial charge < -0.3 is 9.84 Å². The van der Waals surface area contributed by atoms with Crippen molar-refractivity contribution in [3.8, 4) is 11.5 Å². The number of hydrogen-bond acceptors (Lipinski definition) is 5. The van der Waals surface area contributed by atoms with Crippen LogP contribution in [0.15, 0.2) is 40.6 Å². The first kappa shape index (κ1) is 18.5. The fourth-order valence-corrected chi connectivity index (χ4v) is 5.67. The van der Waals surface area contributed by atoms with Crippen LogP contribution < -0.4 is 5.32 Å². The van der Waals surface area contributed by atoms with Crippen LogP contribution in [0.5, 0.6) is 0 Å². The van der Waals surface area contributed by atoms with E-state index in [-0.39, 0.29) is 11.3 Å². The Bertz CT molecular complexity index is 933. The first-order valence-corrected chi connectivity index (χ1v) is 10.7. The number of hydrogen-bond donors (Lipinski definition) is 1. The van der Waals surface area contributed by atoms with E-state index in [1.807, 2.05) is 18.2 Å². The van der Waals surface area contributed by atoms with Gasteiger partial charge in [-0.1, -0.05) is 36.7 Å². The van der Waals surface area contributed by atoms with E-state index in [0.717, 1.165) is 12.3 Å². The van der Waals surface area contributed by atoms with Gasteiger partial charge in [0.15, 0.2) is 0 Å². The lowest BCUT2D eigenvalue weighted by atomic mass is 9.84. The fraction of sp³-hybridized carbons (Fsp3) is 0.565. The molecule has 6 nitrogen and oxygen atoms in total. The summed E-state index contributed by atoms with van der Waals surface area (Å²) in [5.74, 6) is 3.19. The molecule has 0 aromatic carbocycles. The van der Waals surface area contributed by atoms with Gasteiger partial charge in [-0.15, -0.1) is 0 Å². The van der Waals surface area contributed by atoms with Crippen LogP contribution in [-0.2, 0) is 11.2 Å². The zero-order valence-electron chi connectivity index (χ0n) is 17.1. The van der Waals surface area contributed by atoms with Crippen LogP contribution in [0.3, 0.4) is 0 Å². The van der Waals surface area contributed by atoms with Gasteiger partial charge in [0.2, 0.25) is 17.6 Å². The predicted octanol–water partition coefficient (Wildman–Crippen LogP) is 3.95. The maximum Gasteiger partial charge on any atom is 0.227 e. The zero-order chi connectivity index (χ0) is 20.0. The normalized spacial score (nSPS) is 27.7. The smallest absolute Gasteiger partial charge is 0.227 e. The third-order valence-corrected chi connectivity index (χ3v) is 6.93. The number of fused-ring (bicyclic) bond motifs is 1. The van der Waals surface area contributed by atoms with Crippen LogP contribution in [0.25, 0.3) is 11.5 Å². The molecular formula is C23H28N4O2. The van der Waals surface area contributed by atoms with Crippen molar-refractivity contribution < 1.29 is 9.32 Å². The Morgan fingerprint density at radius 2 is 2.24 bits per heavy atom. The molecule has 152 valence electrons. The topological polar surface area (TPSA) is 80.9 Å². The van der Waals surface area contributed by atoms with Crippen LogP contribution in [0.2, 0.25) is 0 Å². The van der Waals surface area contributed by atoms with Crippen molar-refractivity contribution in [2.75, 3.05) is 0 Å². The molecule has 2 aromatic rings. The van der Waals surface area contributed by atoms with Gasteiger partial charge in [0, 0.05) is 25.1 Å². The number of nitrogens with zero attached hydrogens (tertiary/aromatic N) is 3. The summed E-state index contributed by atoms with van der Waals surface area (Å²) in [7, 11) is 0. The predicted molar refractivity (Wildman–Crippen MR) is 109 cm³/mol. The van der Waals surface area contributed by atoms with Crippen molar-refractivity contribution in [2.24, 2.45) is 23.2 Å². The Morgan fingerprint density at radius 3 is 3.07 bits per heavy atom. The highest BCUT2D eigenvalue weighted by molar-refractivity contribution is 5.77. The highest BCUT2D eigenvalue weighted by Crippen LogP contribution is 2.54. The molecule has 0 radical (unpaired) electrons. The summed E-state index contributed by atoms with van der Waals surface area (Å²) in [6, 6.07) is 5.95. The van der Waals surface area contributed by atoms with E-state index in [9.17, 15) is 4.79 Å². The highest BCUT2D eigenvalue weighted by atomic mass is 16.5.